The van der Waals surface area contributed by atoms with E-state index in [1.54, 1.807) is 86.6 Å². The van der Waals surface area contributed by atoms with Crippen LogP contribution in [0.3, 0.4) is 0 Å². The van der Waals surface area contributed by atoms with Gasteiger partial charge >= 0.3 is 5.97 Å². The van der Waals surface area contributed by atoms with Gasteiger partial charge in [0.2, 0.25) is 5.91 Å². The first kappa shape index (κ1) is 43.0. The number of carboxylic acids is 1. The molecule has 0 unspecified atom stereocenters. The van der Waals surface area contributed by atoms with Crippen LogP contribution in [0.1, 0.15) is 63.8 Å². The molecule has 0 aromatic heterocycles. The predicted molar refractivity (Wildman–Crippen MR) is 222 cm³/mol. The van der Waals surface area contributed by atoms with Crippen molar-refractivity contribution in [3.8, 4) is 23.0 Å². The lowest BCUT2D eigenvalue weighted by Crippen LogP contribution is -2.16. The van der Waals surface area contributed by atoms with Gasteiger partial charge in [0.25, 0.3) is 5.91 Å². The van der Waals surface area contributed by atoms with Gasteiger partial charge in [-0.3, -0.25) is 14.4 Å². The van der Waals surface area contributed by atoms with Crippen molar-refractivity contribution in [3.05, 3.63) is 176 Å². The first-order valence-corrected chi connectivity index (χ1v) is 17.6. The minimum Gasteiger partial charge on any atom is -0.478 e. The Bertz CT molecular complexity index is 2480. The molecule has 10 nitrogen and oxygen atoms in total. The molecule has 0 radical (unpaired) electrons. The minimum absolute atomic E-state index is 0. The molecule has 6 rings (SSSR count). The highest BCUT2D eigenvalue weighted by molar-refractivity contribution is 6.32. The molecule has 14 heteroatoms. The molecular weight excluding hydrogens is 779 g/mol. The van der Waals surface area contributed by atoms with Crippen molar-refractivity contribution in [3.63, 3.8) is 0 Å². The van der Waals surface area contributed by atoms with Crippen LogP contribution in [0.4, 0.5) is 20.2 Å². The summed E-state index contributed by atoms with van der Waals surface area (Å²) in [6.07, 6.45) is 0. The number of aromatic carboxylic acids is 1. The minimum atomic E-state index is -1.09. The van der Waals surface area contributed by atoms with E-state index in [4.69, 9.17) is 49.2 Å². The smallest absolute Gasteiger partial charge is 0.339 e. The number of benzene rings is 6. The number of ketones is 1. The molecule has 0 bridgehead atoms. The number of Topliss-reactive ketones (excluding diaryl/α,β-unsaturated/α-hetero) is 1. The van der Waals surface area contributed by atoms with E-state index in [0.717, 1.165) is 12.1 Å². The molecule has 0 fully saturated rings. The number of carboxylic acid groups (broad SMARTS) is 1. The normalized spacial score (nSPS) is 10.2. The van der Waals surface area contributed by atoms with Crippen LogP contribution in [0.2, 0.25) is 10.0 Å². The molecule has 0 atom stereocenters. The fourth-order valence-electron chi connectivity index (χ4n) is 5.07. The Morgan fingerprint density at radius 2 is 1.14 bits per heavy atom. The van der Waals surface area contributed by atoms with Gasteiger partial charge < -0.3 is 31.4 Å². The molecule has 0 spiro atoms. The summed E-state index contributed by atoms with van der Waals surface area (Å²) in [5, 5.41) is 12.1. The van der Waals surface area contributed by atoms with Gasteiger partial charge in [-0.05, 0) is 111 Å². The molecule has 6 aromatic carbocycles. The molecule has 298 valence electrons. The van der Waals surface area contributed by atoms with Crippen molar-refractivity contribution in [1.82, 2.24) is 0 Å². The van der Waals surface area contributed by atoms with E-state index in [-0.39, 0.29) is 59.8 Å². The summed E-state index contributed by atoms with van der Waals surface area (Å²) >= 11 is 11.9. The molecule has 57 heavy (non-hydrogen) atoms. The third kappa shape index (κ3) is 12.1. The van der Waals surface area contributed by atoms with Gasteiger partial charge in [0.05, 0.1) is 15.6 Å². The van der Waals surface area contributed by atoms with Crippen LogP contribution < -0.4 is 26.3 Å². The Kier molecular flexibility index (Phi) is 14.9. The van der Waals surface area contributed by atoms with Gasteiger partial charge in [0, 0.05) is 26.8 Å². The standard InChI is InChI=1S/C21H16ClFN2O3.C14H10ClFO3.C8H9NO.3H2/c1-12-4-2-7-18(28-17-9-8-14(23)11-16(17)22)19(12)21(27)25-15-6-3-5-13(10-15)20(24)26;1-8-3-2-4-12(13(8)14(17)18)19-11-6-5-9(16)7-10(11)15;1-6(10)7-3-2-4-8(9)5-7;;;/h2-11H,1H3,(H2,24,26)(H,25,27);2-7H,1H3,(H,17,18);2-5H,9H2,1H3;3*1H. The molecule has 2 amide bonds. The van der Waals surface area contributed by atoms with Crippen molar-refractivity contribution in [1.29, 1.82) is 0 Å². The average Bonchev–Trinajstić information content (AvgIpc) is 3.14. The molecule has 0 aliphatic rings. The van der Waals surface area contributed by atoms with Gasteiger partial charge in [-0.25, -0.2) is 13.6 Å². The summed E-state index contributed by atoms with van der Waals surface area (Å²) in [6, 6.07) is 30.6. The maximum absolute atomic E-state index is 13.3. The van der Waals surface area contributed by atoms with Crippen molar-refractivity contribution in [2.45, 2.75) is 20.8 Å². The van der Waals surface area contributed by atoms with Crippen LogP contribution in [-0.4, -0.2) is 28.7 Å². The second-order valence-electron chi connectivity index (χ2n) is 12.1. The number of amides is 2. The second-order valence-corrected chi connectivity index (χ2v) is 13.0. The number of nitrogen functional groups attached to an aromatic ring is 1. The summed E-state index contributed by atoms with van der Waals surface area (Å²) in [4.78, 5) is 46.1. The number of anilines is 2. The van der Waals surface area contributed by atoms with E-state index in [9.17, 15) is 28.0 Å². The van der Waals surface area contributed by atoms with Crippen molar-refractivity contribution in [2.24, 2.45) is 5.73 Å². The largest absolute Gasteiger partial charge is 0.478 e. The average molecular weight is 821 g/mol. The zero-order chi connectivity index (χ0) is 41.8. The maximum Gasteiger partial charge on any atom is 0.339 e. The molecule has 0 aliphatic heterocycles. The quantitative estimate of drug-likeness (QED) is 0.0824. The topological polar surface area (TPSA) is 171 Å². The Hall–Kier alpha value is -6.76. The van der Waals surface area contributed by atoms with Gasteiger partial charge in [-0.1, -0.05) is 65.7 Å². The van der Waals surface area contributed by atoms with E-state index < -0.39 is 29.4 Å². The van der Waals surface area contributed by atoms with Crippen LogP contribution in [0.5, 0.6) is 23.0 Å². The Balaban J connectivity index is 0.000000488. The first-order chi connectivity index (χ1) is 27.0. The number of halogens is 4. The number of aryl methyl sites for hydroxylation is 2. The van der Waals surface area contributed by atoms with Crippen molar-refractivity contribution < 1.29 is 46.8 Å². The van der Waals surface area contributed by atoms with Crippen LogP contribution in [-0.2, 0) is 0 Å². The highest BCUT2D eigenvalue weighted by Gasteiger charge is 2.19. The lowest BCUT2D eigenvalue weighted by molar-refractivity contribution is 0.0692. The maximum atomic E-state index is 13.3. The third-order valence-corrected chi connectivity index (χ3v) is 8.43. The van der Waals surface area contributed by atoms with Crippen molar-refractivity contribution in [2.75, 3.05) is 11.1 Å². The van der Waals surface area contributed by atoms with E-state index in [2.05, 4.69) is 5.32 Å². The summed E-state index contributed by atoms with van der Waals surface area (Å²) in [5.41, 5.74) is 14.3. The van der Waals surface area contributed by atoms with Crippen LogP contribution in [0.15, 0.2) is 121 Å². The Labute approximate surface area is 341 Å². The van der Waals surface area contributed by atoms with Crippen LogP contribution in [0, 0.1) is 25.5 Å². The van der Waals surface area contributed by atoms with Gasteiger partial charge in [0.15, 0.2) is 5.78 Å². The monoisotopic (exact) mass is 819 g/mol. The summed E-state index contributed by atoms with van der Waals surface area (Å²) < 4.78 is 37.4. The van der Waals surface area contributed by atoms with E-state index >= 15 is 0 Å². The number of ether oxygens (including phenoxy) is 2. The number of nitrogens with two attached hydrogens (primary N) is 2. The molecule has 0 heterocycles. The van der Waals surface area contributed by atoms with Gasteiger partial charge in [-0.15, -0.1) is 0 Å². The first-order valence-electron chi connectivity index (χ1n) is 16.8. The Morgan fingerprint density at radius 1 is 0.649 bits per heavy atom. The molecule has 0 saturated heterocycles. The SMILES string of the molecule is CC(=O)c1cccc(N)c1.Cc1cccc(Oc2ccc(F)cc2Cl)c1C(=O)Nc1cccc(C(N)=O)c1.Cc1cccc(Oc2ccc(F)cc2Cl)c1C(=O)O.[HH].[HH].[HH]. The summed E-state index contributed by atoms with van der Waals surface area (Å²) in [5.74, 6) is -2.20. The molecule has 6 aromatic rings. The lowest BCUT2D eigenvalue weighted by atomic mass is 10.1. The second kappa shape index (κ2) is 19.7. The number of carbonyl (C=O) groups excluding carboxylic acids is 3. The van der Waals surface area contributed by atoms with E-state index in [1.165, 1.54) is 43.3 Å². The zero-order valence-electron chi connectivity index (χ0n) is 30.6. The van der Waals surface area contributed by atoms with Crippen LogP contribution in [0.25, 0.3) is 0 Å². The van der Waals surface area contributed by atoms with E-state index in [1.807, 2.05) is 0 Å². The number of carbonyl (C=O) groups is 4. The lowest BCUT2D eigenvalue weighted by Gasteiger charge is -2.15. The number of hydrogen-bond acceptors (Lipinski definition) is 7. The third-order valence-electron chi connectivity index (χ3n) is 7.84. The zero-order valence-corrected chi connectivity index (χ0v) is 32.1. The molecule has 6 N–H and O–H groups in total. The number of hydrogen-bond donors (Lipinski definition) is 4. The fourth-order valence-corrected chi connectivity index (χ4v) is 5.48. The van der Waals surface area contributed by atoms with Gasteiger partial charge in [-0.2, -0.15) is 0 Å². The Morgan fingerprint density at radius 3 is 1.61 bits per heavy atom. The predicted octanol–water partition coefficient (Wildman–Crippen LogP) is 11.4. The molecule has 0 saturated carbocycles. The van der Waals surface area contributed by atoms with E-state index in [0.29, 0.717) is 28.1 Å². The summed E-state index contributed by atoms with van der Waals surface area (Å²) in [6.45, 7) is 4.95. The molecule has 0 aliphatic carbocycles. The van der Waals surface area contributed by atoms with Crippen LogP contribution >= 0.6 is 23.2 Å². The van der Waals surface area contributed by atoms with Crippen molar-refractivity contribution >= 4 is 58.1 Å². The van der Waals surface area contributed by atoms with Gasteiger partial charge in [0.1, 0.15) is 40.2 Å². The highest BCUT2D eigenvalue weighted by Crippen LogP contribution is 2.34. The number of nitrogens with one attached hydrogen (secondary N) is 1. The summed E-state index contributed by atoms with van der Waals surface area (Å²) in [7, 11) is 0. The highest BCUT2D eigenvalue weighted by atomic mass is 35.5. The fraction of sp³-hybridized carbons (Fsp3) is 0.0698. The molecular formula is C43H41Cl2F2N3O7. The number of primary amides is 1. The number of rotatable bonds is 9.